The summed E-state index contributed by atoms with van der Waals surface area (Å²) in [6.45, 7) is 0. The Labute approximate surface area is 112 Å². The van der Waals surface area contributed by atoms with Crippen LogP contribution in [0.25, 0.3) is 11.1 Å². The van der Waals surface area contributed by atoms with Gasteiger partial charge in [-0.2, -0.15) is 0 Å². The van der Waals surface area contributed by atoms with E-state index in [0.29, 0.717) is 5.82 Å². The molecule has 0 aliphatic carbocycles. The van der Waals surface area contributed by atoms with Gasteiger partial charge in [0.25, 0.3) is 0 Å². The number of halogens is 1. The van der Waals surface area contributed by atoms with Crippen LogP contribution in [0.4, 0.5) is 5.82 Å². The molecule has 0 aliphatic heterocycles. The molecule has 0 saturated carbocycles. The molecule has 0 saturated heterocycles. The van der Waals surface area contributed by atoms with Gasteiger partial charge < -0.3 is 4.90 Å². The zero-order chi connectivity index (χ0) is 13.0. The van der Waals surface area contributed by atoms with Crippen molar-refractivity contribution >= 4 is 23.8 Å². The molecule has 4 heteroatoms. The summed E-state index contributed by atoms with van der Waals surface area (Å²) in [6, 6.07) is 11.6. The van der Waals surface area contributed by atoms with Gasteiger partial charge in [-0.15, -0.1) is 0 Å². The van der Waals surface area contributed by atoms with Gasteiger partial charge in [-0.25, -0.2) is 9.98 Å². The Hall–Kier alpha value is -1.87. The van der Waals surface area contributed by atoms with Crippen molar-refractivity contribution < 1.29 is 0 Å². The first-order valence-corrected chi connectivity index (χ1v) is 5.95. The van der Waals surface area contributed by atoms with Crippen LogP contribution in [0.3, 0.4) is 0 Å². The van der Waals surface area contributed by atoms with Gasteiger partial charge in [-0.3, -0.25) is 0 Å². The molecule has 0 spiro atoms. The van der Waals surface area contributed by atoms with Crippen molar-refractivity contribution in [2.24, 2.45) is 4.99 Å². The van der Waals surface area contributed by atoms with Gasteiger partial charge in [0.05, 0.1) is 6.34 Å². The Bertz CT molecular complexity index is 530. The Morgan fingerprint density at radius 1 is 1.06 bits per heavy atom. The quantitative estimate of drug-likeness (QED) is 0.622. The normalized spacial score (nSPS) is 10.8. The van der Waals surface area contributed by atoms with Crippen molar-refractivity contribution in [1.82, 2.24) is 9.88 Å². The van der Waals surface area contributed by atoms with Crippen LogP contribution in [0.1, 0.15) is 0 Å². The van der Waals surface area contributed by atoms with Crippen LogP contribution in [0.2, 0.25) is 5.02 Å². The summed E-state index contributed by atoms with van der Waals surface area (Å²) in [5.74, 6) is 0.696. The lowest BCUT2D eigenvalue weighted by Crippen LogP contribution is -2.07. The summed E-state index contributed by atoms with van der Waals surface area (Å²) in [5, 5.41) is 0.735. The Kier molecular flexibility index (Phi) is 3.95. The lowest BCUT2D eigenvalue weighted by atomic mass is 10.1. The molecule has 0 N–H and O–H groups in total. The third-order valence-electron chi connectivity index (χ3n) is 2.35. The van der Waals surface area contributed by atoms with Crippen LogP contribution >= 0.6 is 11.6 Å². The summed E-state index contributed by atoms with van der Waals surface area (Å²) in [7, 11) is 3.84. The van der Waals surface area contributed by atoms with Gasteiger partial charge in [0.15, 0.2) is 5.82 Å². The Balaban J connectivity index is 2.19. The molecule has 1 heterocycles. The Morgan fingerprint density at radius 3 is 2.28 bits per heavy atom. The van der Waals surface area contributed by atoms with Crippen molar-refractivity contribution in [3.63, 3.8) is 0 Å². The first-order valence-electron chi connectivity index (χ1n) is 5.58. The SMILES string of the molecule is CN(C)C=Nc1ccc(-c2ccc(Cl)cc2)cn1. The topological polar surface area (TPSA) is 28.5 Å². The van der Waals surface area contributed by atoms with Crippen molar-refractivity contribution in [3.05, 3.63) is 47.6 Å². The lowest BCUT2D eigenvalue weighted by molar-refractivity contribution is 0.643. The molecular formula is C14H14ClN3. The molecule has 0 aliphatic rings. The van der Waals surface area contributed by atoms with Crippen LogP contribution in [0, 0.1) is 0 Å². The maximum absolute atomic E-state index is 5.86. The van der Waals surface area contributed by atoms with Crippen molar-refractivity contribution in [1.29, 1.82) is 0 Å². The van der Waals surface area contributed by atoms with E-state index in [1.54, 1.807) is 6.34 Å². The molecule has 0 bridgehead atoms. The number of hydrogen-bond donors (Lipinski definition) is 0. The highest BCUT2D eigenvalue weighted by Crippen LogP contribution is 2.22. The molecule has 92 valence electrons. The van der Waals surface area contributed by atoms with Gasteiger partial charge in [0.2, 0.25) is 0 Å². The molecule has 2 aromatic rings. The highest BCUT2D eigenvalue weighted by molar-refractivity contribution is 6.30. The third kappa shape index (κ3) is 3.31. The van der Waals surface area contributed by atoms with Gasteiger partial charge in [-0.1, -0.05) is 23.7 Å². The predicted octanol–water partition coefficient (Wildman–Crippen LogP) is 3.62. The van der Waals surface area contributed by atoms with E-state index in [2.05, 4.69) is 9.98 Å². The molecule has 0 radical (unpaired) electrons. The van der Waals surface area contributed by atoms with Crippen LogP contribution in [0.15, 0.2) is 47.6 Å². The molecule has 0 amide bonds. The van der Waals surface area contributed by atoms with E-state index in [9.17, 15) is 0 Å². The fourth-order valence-corrected chi connectivity index (χ4v) is 1.58. The second-order valence-corrected chi connectivity index (χ2v) is 4.56. The summed E-state index contributed by atoms with van der Waals surface area (Å²) in [4.78, 5) is 10.4. The van der Waals surface area contributed by atoms with Crippen LogP contribution in [-0.4, -0.2) is 30.3 Å². The van der Waals surface area contributed by atoms with E-state index in [4.69, 9.17) is 11.6 Å². The van der Waals surface area contributed by atoms with Gasteiger partial charge in [-0.05, 0) is 29.8 Å². The first-order chi connectivity index (χ1) is 8.65. The highest BCUT2D eigenvalue weighted by Gasteiger charge is 1.98. The Morgan fingerprint density at radius 2 is 1.72 bits per heavy atom. The van der Waals surface area contributed by atoms with E-state index >= 15 is 0 Å². The molecule has 1 aromatic heterocycles. The minimum atomic E-state index is 0.696. The fourth-order valence-electron chi connectivity index (χ4n) is 1.45. The summed E-state index contributed by atoms with van der Waals surface area (Å²) < 4.78 is 0. The van der Waals surface area contributed by atoms with Crippen molar-refractivity contribution in [2.45, 2.75) is 0 Å². The van der Waals surface area contributed by atoms with Gasteiger partial charge >= 0.3 is 0 Å². The van der Waals surface area contributed by atoms with Gasteiger partial charge in [0, 0.05) is 30.9 Å². The van der Waals surface area contributed by atoms with Crippen LogP contribution in [-0.2, 0) is 0 Å². The second kappa shape index (κ2) is 5.65. The van der Waals surface area contributed by atoms with Crippen molar-refractivity contribution in [2.75, 3.05) is 14.1 Å². The average molecular weight is 260 g/mol. The summed E-state index contributed by atoms with van der Waals surface area (Å²) >= 11 is 5.86. The number of pyridine rings is 1. The maximum atomic E-state index is 5.86. The molecule has 3 nitrogen and oxygen atoms in total. The number of aliphatic imine (C=N–C) groups is 1. The van der Waals surface area contributed by atoms with E-state index in [1.807, 2.05) is 61.6 Å². The molecule has 0 unspecified atom stereocenters. The highest BCUT2D eigenvalue weighted by atomic mass is 35.5. The fraction of sp³-hybridized carbons (Fsp3) is 0.143. The number of aromatic nitrogens is 1. The van der Waals surface area contributed by atoms with Crippen LogP contribution in [0.5, 0.6) is 0 Å². The molecule has 18 heavy (non-hydrogen) atoms. The maximum Gasteiger partial charge on any atom is 0.153 e. The van der Waals surface area contributed by atoms with E-state index in [1.165, 1.54) is 0 Å². The monoisotopic (exact) mass is 259 g/mol. The molecular weight excluding hydrogens is 246 g/mol. The predicted molar refractivity (Wildman–Crippen MR) is 76.5 cm³/mol. The van der Waals surface area contributed by atoms with E-state index in [0.717, 1.165) is 16.1 Å². The van der Waals surface area contributed by atoms with E-state index < -0.39 is 0 Å². The summed E-state index contributed by atoms with van der Waals surface area (Å²) in [5.41, 5.74) is 2.14. The van der Waals surface area contributed by atoms with E-state index in [-0.39, 0.29) is 0 Å². The lowest BCUT2D eigenvalue weighted by Gasteiger charge is -2.03. The third-order valence-corrected chi connectivity index (χ3v) is 2.60. The largest absolute Gasteiger partial charge is 0.369 e. The van der Waals surface area contributed by atoms with Crippen molar-refractivity contribution in [3.8, 4) is 11.1 Å². The second-order valence-electron chi connectivity index (χ2n) is 4.12. The average Bonchev–Trinajstić information content (AvgIpc) is 2.38. The number of rotatable bonds is 3. The molecule has 0 atom stereocenters. The smallest absolute Gasteiger partial charge is 0.153 e. The molecule has 2 rings (SSSR count). The van der Waals surface area contributed by atoms with Crippen LogP contribution < -0.4 is 0 Å². The molecule has 1 aromatic carbocycles. The minimum Gasteiger partial charge on any atom is -0.369 e. The van der Waals surface area contributed by atoms with Gasteiger partial charge in [0.1, 0.15) is 0 Å². The minimum absolute atomic E-state index is 0.696. The zero-order valence-electron chi connectivity index (χ0n) is 10.3. The number of nitrogens with zero attached hydrogens (tertiary/aromatic N) is 3. The number of benzene rings is 1. The summed E-state index contributed by atoms with van der Waals surface area (Å²) in [6.07, 6.45) is 3.54. The standard InChI is InChI=1S/C14H14ClN3/c1-18(2)10-17-14-8-5-12(9-16-14)11-3-6-13(15)7-4-11/h3-10H,1-2H3. The molecule has 0 fully saturated rings. The number of hydrogen-bond acceptors (Lipinski definition) is 2. The first kappa shape index (κ1) is 12.6. The zero-order valence-corrected chi connectivity index (χ0v) is 11.1.